The molecular weight excluding hydrogens is 352 g/mol. The number of hydrogen-bond acceptors (Lipinski definition) is 6. The van der Waals surface area contributed by atoms with Gasteiger partial charge >= 0.3 is 0 Å². The highest BCUT2D eigenvalue weighted by molar-refractivity contribution is 5.57. The van der Waals surface area contributed by atoms with Gasteiger partial charge in [0.1, 0.15) is 0 Å². The molecule has 0 radical (unpaired) electrons. The highest BCUT2D eigenvalue weighted by Gasteiger charge is 2.04. The molecule has 0 fully saturated rings. The maximum absolute atomic E-state index is 5.79. The number of nitrogens with two attached hydrogens (primary N) is 4. The van der Waals surface area contributed by atoms with Crippen LogP contribution < -0.4 is 22.9 Å². The smallest absolute Gasteiger partial charge is 0.0740 e. The van der Waals surface area contributed by atoms with Crippen LogP contribution in [-0.2, 0) is 22.7 Å². The SMILES string of the molecule is CCC(C)OCc1ccc(N)cc1N.CCC(C)OCc1ccc(N)cc1N. The summed E-state index contributed by atoms with van der Waals surface area (Å²) in [6, 6.07) is 11.0. The van der Waals surface area contributed by atoms with Crippen LogP contribution in [0.15, 0.2) is 36.4 Å². The zero-order valence-corrected chi connectivity index (χ0v) is 17.6. The van der Waals surface area contributed by atoms with Crippen LogP contribution >= 0.6 is 0 Å². The van der Waals surface area contributed by atoms with Crippen LogP contribution in [0.4, 0.5) is 22.7 Å². The molecule has 2 rings (SSSR count). The molecule has 0 spiro atoms. The van der Waals surface area contributed by atoms with Crippen molar-refractivity contribution in [2.45, 2.75) is 66.0 Å². The Bertz CT molecular complexity index is 660. The molecule has 0 aliphatic rings. The van der Waals surface area contributed by atoms with E-state index in [0.29, 0.717) is 36.0 Å². The predicted octanol–water partition coefficient (Wildman–Crippen LogP) is 4.33. The molecule has 0 aliphatic carbocycles. The van der Waals surface area contributed by atoms with Crippen molar-refractivity contribution >= 4 is 22.7 Å². The topological polar surface area (TPSA) is 123 Å². The fraction of sp³-hybridized carbons (Fsp3) is 0.455. The minimum absolute atomic E-state index is 0.270. The summed E-state index contributed by atoms with van der Waals surface area (Å²) in [5.74, 6) is 0. The largest absolute Gasteiger partial charge is 0.399 e. The van der Waals surface area contributed by atoms with Gasteiger partial charge in [0.2, 0.25) is 0 Å². The van der Waals surface area contributed by atoms with E-state index in [9.17, 15) is 0 Å². The molecule has 8 N–H and O–H groups in total. The predicted molar refractivity (Wildman–Crippen MR) is 120 cm³/mol. The van der Waals surface area contributed by atoms with E-state index in [2.05, 4.69) is 13.8 Å². The van der Waals surface area contributed by atoms with Crippen molar-refractivity contribution in [3.05, 3.63) is 47.5 Å². The van der Waals surface area contributed by atoms with Crippen molar-refractivity contribution in [2.24, 2.45) is 0 Å². The first kappa shape index (κ1) is 23.6. The lowest BCUT2D eigenvalue weighted by atomic mass is 10.2. The molecule has 0 bridgehead atoms. The lowest BCUT2D eigenvalue weighted by molar-refractivity contribution is 0.0511. The molecular formula is C22H36N4O2. The van der Waals surface area contributed by atoms with Crippen LogP contribution in [0.25, 0.3) is 0 Å². The molecule has 2 aromatic rings. The van der Waals surface area contributed by atoms with Crippen LogP contribution in [0.1, 0.15) is 51.7 Å². The third-order valence-corrected chi connectivity index (χ3v) is 4.54. The fourth-order valence-electron chi connectivity index (χ4n) is 2.19. The Labute approximate surface area is 169 Å². The lowest BCUT2D eigenvalue weighted by Crippen LogP contribution is -2.07. The van der Waals surface area contributed by atoms with Gasteiger partial charge in [-0.1, -0.05) is 26.0 Å². The van der Waals surface area contributed by atoms with Crippen LogP contribution in [0.2, 0.25) is 0 Å². The van der Waals surface area contributed by atoms with Crippen LogP contribution in [0.5, 0.6) is 0 Å². The maximum atomic E-state index is 5.79. The first-order valence-corrected chi connectivity index (χ1v) is 9.77. The van der Waals surface area contributed by atoms with Gasteiger partial charge in [0.25, 0.3) is 0 Å². The quantitative estimate of drug-likeness (QED) is 0.499. The standard InChI is InChI=1S/2C11H18N2O/c2*1-3-8(2)14-7-9-4-5-10(12)6-11(9)13/h2*4-6,8H,3,7,12-13H2,1-2H3. The van der Waals surface area contributed by atoms with Gasteiger partial charge in [0.15, 0.2) is 0 Å². The Morgan fingerprint density at radius 2 is 1.04 bits per heavy atom. The lowest BCUT2D eigenvalue weighted by Gasteiger charge is -2.12. The number of anilines is 4. The van der Waals surface area contributed by atoms with E-state index >= 15 is 0 Å². The molecule has 6 nitrogen and oxygen atoms in total. The summed E-state index contributed by atoms with van der Waals surface area (Å²) in [6.45, 7) is 9.40. The second-order valence-corrected chi connectivity index (χ2v) is 6.98. The summed E-state index contributed by atoms with van der Waals surface area (Å²) in [4.78, 5) is 0. The van der Waals surface area contributed by atoms with Crippen molar-refractivity contribution in [2.75, 3.05) is 22.9 Å². The molecule has 156 valence electrons. The van der Waals surface area contributed by atoms with Gasteiger partial charge in [-0.2, -0.15) is 0 Å². The molecule has 2 unspecified atom stereocenters. The maximum Gasteiger partial charge on any atom is 0.0740 e. The summed E-state index contributed by atoms with van der Waals surface area (Å²) in [5, 5.41) is 0. The van der Waals surface area contributed by atoms with Gasteiger partial charge in [-0.25, -0.2) is 0 Å². The van der Waals surface area contributed by atoms with Crippen molar-refractivity contribution in [1.82, 2.24) is 0 Å². The molecule has 0 amide bonds. The monoisotopic (exact) mass is 388 g/mol. The second kappa shape index (κ2) is 12.1. The second-order valence-electron chi connectivity index (χ2n) is 6.98. The van der Waals surface area contributed by atoms with E-state index in [1.165, 1.54) is 0 Å². The summed E-state index contributed by atoms with van der Waals surface area (Å²) in [5.41, 5.74) is 27.5. The molecule has 0 aromatic heterocycles. The number of benzene rings is 2. The molecule has 0 heterocycles. The molecule has 6 heteroatoms. The van der Waals surface area contributed by atoms with Crippen molar-refractivity contribution in [3.8, 4) is 0 Å². The van der Waals surface area contributed by atoms with Gasteiger partial charge < -0.3 is 32.4 Å². The van der Waals surface area contributed by atoms with E-state index in [1.807, 2.05) is 38.1 Å². The van der Waals surface area contributed by atoms with Gasteiger partial charge in [-0.05, 0) is 51.0 Å². The number of nitrogen functional groups attached to an aromatic ring is 4. The van der Waals surface area contributed by atoms with Crippen LogP contribution in [0, 0.1) is 0 Å². The van der Waals surface area contributed by atoms with Crippen molar-refractivity contribution < 1.29 is 9.47 Å². The first-order valence-electron chi connectivity index (χ1n) is 9.77. The highest BCUT2D eigenvalue weighted by atomic mass is 16.5. The van der Waals surface area contributed by atoms with Gasteiger partial charge in [-0.15, -0.1) is 0 Å². The van der Waals surface area contributed by atoms with Gasteiger partial charge in [0.05, 0.1) is 25.4 Å². The Balaban J connectivity index is 0.000000280. The zero-order valence-electron chi connectivity index (χ0n) is 17.6. The van der Waals surface area contributed by atoms with Gasteiger partial charge in [-0.3, -0.25) is 0 Å². The molecule has 0 saturated heterocycles. The number of hydrogen-bond donors (Lipinski definition) is 4. The van der Waals surface area contributed by atoms with Gasteiger partial charge in [0, 0.05) is 33.9 Å². The van der Waals surface area contributed by atoms with Crippen molar-refractivity contribution in [3.63, 3.8) is 0 Å². The van der Waals surface area contributed by atoms with Crippen molar-refractivity contribution in [1.29, 1.82) is 0 Å². The summed E-state index contributed by atoms with van der Waals surface area (Å²) >= 11 is 0. The fourth-order valence-corrected chi connectivity index (χ4v) is 2.19. The average Bonchev–Trinajstić information content (AvgIpc) is 2.66. The van der Waals surface area contributed by atoms with E-state index in [0.717, 1.165) is 24.0 Å². The minimum Gasteiger partial charge on any atom is -0.399 e. The average molecular weight is 389 g/mol. The molecule has 0 aliphatic heterocycles. The number of ether oxygens (including phenoxy) is 2. The van der Waals surface area contributed by atoms with Crippen LogP contribution in [-0.4, -0.2) is 12.2 Å². The summed E-state index contributed by atoms with van der Waals surface area (Å²) in [6.07, 6.45) is 2.56. The number of rotatable bonds is 8. The van der Waals surface area contributed by atoms with Crippen LogP contribution in [0.3, 0.4) is 0 Å². The van der Waals surface area contributed by atoms with E-state index in [4.69, 9.17) is 32.4 Å². The Kier molecular flexibility index (Phi) is 10.2. The highest BCUT2D eigenvalue weighted by Crippen LogP contribution is 2.18. The third kappa shape index (κ3) is 8.50. The Hall–Kier alpha value is -2.44. The van der Waals surface area contributed by atoms with E-state index < -0.39 is 0 Å². The molecule has 2 atom stereocenters. The molecule has 0 saturated carbocycles. The van der Waals surface area contributed by atoms with E-state index in [1.54, 1.807) is 12.1 Å². The molecule has 28 heavy (non-hydrogen) atoms. The molecule has 2 aromatic carbocycles. The first-order chi connectivity index (χ1) is 13.3. The Morgan fingerprint density at radius 1 is 0.679 bits per heavy atom. The Morgan fingerprint density at radius 3 is 1.32 bits per heavy atom. The minimum atomic E-state index is 0.270. The zero-order chi connectivity index (χ0) is 21.1. The third-order valence-electron chi connectivity index (χ3n) is 4.54. The normalized spacial score (nSPS) is 12.7. The summed E-state index contributed by atoms with van der Waals surface area (Å²) < 4.78 is 11.2. The summed E-state index contributed by atoms with van der Waals surface area (Å²) in [7, 11) is 0. The van der Waals surface area contributed by atoms with E-state index in [-0.39, 0.29) is 12.2 Å².